The number of rotatable bonds is 4. The molecule has 10 heteroatoms. The molecule has 9 nitrogen and oxygen atoms in total. The van der Waals surface area contributed by atoms with Crippen LogP contribution in [0.5, 0.6) is 5.75 Å². The molecule has 1 aliphatic heterocycles. The molecule has 0 aromatic heterocycles. The number of halogens is 1. The van der Waals surface area contributed by atoms with Gasteiger partial charge in [0, 0.05) is 19.5 Å². The highest BCUT2D eigenvalue weighted by Gasteiger charge is 2.25. The summed E-state index contributed by atoms with van der Waals surface area (Å²) >= 11 is 0. The molecule has 1 heterocycles. The number of amides is 4. The molecule has 0 spiro atoms. The van der Waals surface area contributed by atoms with Crippen LogP contribution in [0.3, 0.4) is 0 Å². The van der Waals surface area contributed by atoms with E-state index in [-0.39, 0.29) is 43.3 Å². The Morgan fingerprint density at radius 1 is 1.08 bits per heavy atom. The van der Waals surface area contributed by atoms with Gasteiger partial charge in [-0.3, -0.25) is 19.2 Å². The monoisotopic (exact) mass is 498 g/mol. The van der Waals surface area contributed by atoms with Gasteiger partial charge in [-0.05, 0) is 56.0 Å². The van der Waals surface area contributed by atoms with Crippen LogP contribution in [-0.4, -0.2) is 55.4 Å². The van der Waals surface area contributed by atoms with Gasteiger partial charge in [0.05, 0.1) is 12.2 Å². The highest BCUT2D eigenvalue weighted by molar-refractivity contribution is 5.99. The van der Waals surface area contributed by atoms with Gasteiger partial charge in [0.2, 0.25) is 17.7 Å². The molecule has 0 saturated heterocycles. The van der Waals surface area contributed by atoms with Crippen LogP contribution >= 0.6 is 0 Å². The van der Waals surface area contributed by atoms with Crippen molar-refractivity contribution in [3.63, 3.8) is 0 Å². The number of ether oxygens (including phenoxy) is 1. The second-order valence-corrected chi connectivity index (χ2v) is 8.51. The average Bonchev–Trinajstić information content (AvgIpc) is 2.86. The largest absolute Gasteiger partial charge is 0.493 e. The van der Waals surface area contributed by atoms with Crippen LogP contribution in [0.1, 0.15) is 42.1 Å². The first-order valence-corrected chi connectivity index (χ1v) is 12.0. The third kappa shape index (κ3) is 8.07. The standard InChI is InChI=1S/C26H31FN4O5/c1-17-24(33)28-14-4-16-36-22-6-3-2-5-20(22)25(34)31-21(11-12-23(32)30-17)26(35)29-15-13-18-7-9-19(27)10-8-18/h2-3,5-10,17,21H,4,11-16H2,1H3,(H,28,33)(H,29,35)(H,30,32)(H,31,34)/t17-,21-/m0/s1. The number of hydrogen-bond acceptors (Lipinski definition) is 5. The molecule has 0 radical (unpaired) electrons. The Balaban J connectivity index is 1.72. The number of fused-ring (bicyclic) bond motifs is 1. The van der Waals surface area contributed by atoms with Crippen molar-refractivity contribution in [3.05, 3.63) is 65.5 Å². The van der Waals surface area contributed by atoms with Crippen LogP contribution in [0.2, 0.25) is 0 Å². The van der Waals surface area contributed by atoms with E-state index in [9.17, 15) is 23.6 Å². The number of carbonyl (C=O) groups excluding carboxylic acids is 4. The van der Waals surface area contributed by atoms with Gasteiger partial charge in [-0.15, -0.1) is 0 Å². The van der Waals surface area contributed by atoms with Crippen molar-refractivity contribution in [2.24, 2.45) is 0 Å². The van der Waals surface area contributed by atoms with E-state index in [1.807, 2.05) is 0 Å². The van der Waals surface area contributed by atoms with Crippen molar-refractivity contribution in [2.75, 3.05) is 19.7 Å². The summed E-state index contributed by atoms with van der Waals surface area (Å²) in [6.07, 6.45) is 0.918. The minimum atomic E-state index is -0.999. The van der Waals surface area contributed by atoms with Gasteiger partial charge in [0.25, 0.3) is 5.91 Å². The summed E-state index contributed by atoms with van der Waals surface area (Å²) in [7, 11) is 0. The number of hydrogen-bond donors (Lipinski definition) is 4. The molecule has 0 aliphatic carbocycles. The smallest absolute Gasteiger partial charge is 0.255 e. The van der Waals surface area contributed by atoms with Crippen LogP contribution in [0.15, 0.2) is 48.5 Å². The number of carbonyl (C=O) groups is 4. The fourth-order valence-corrected chi connectivity index (χ4v) is 3.66. The lowest BCUT2D eigenvalue weighted by Gasteiger charge is -2.21. The van der Waals surface area contributed by atoms with Gasteiger partial charge >= 0.3 is 0 Å². The van der Waals surface area contributed by atoms with Crippen molar-refractivity contribution in [1.29, 1.82) is 0 Å². The second-order valence-electron chi connectivity index (χ2n) is 8.51. The Kier molecular flexibility index (Phi) is 9.79. The fourth-order valence-electron chi connectivity index (χ4n) is 3.66. The van der Waals surface area contributed by atoms with E-state index in [0.717, 1.165) is 5.56 Å². The summed E-state index contributed by atoms with van der Waals surface area (Å²) in [4.78, 5) is 50.6. The van der Waals surface area contributed by atoms with E-state index in [4.69, 9.17) is 4.74 Å². The molecule has 2 atom stereocenters. The van der Waals surface area contributed by atoms with E-state index in [2.05, 4.69) is 21.3 Å². The molecule has 3 rings (SSSR count). The second kappa shape index (κ2) is 13.2. The quantitative estimate of drug-likeness (QED) is 0.508. The molecule has 36 heavy (non-hydrogen) atoms. The molecular formula is C26H31FN4O5. The highest BCUT2D eigenvalue weighted by atomic mass is 19.1. The maximum atomic E-state index is 13.1. The van der Waals surface area contributed by atoms with Gasteiger partial charge in [0.15, 0.2) is 0 Å². The topological polar surface area (TPSA) is 126 Å². The van der Waals surface area contributed by atoms with Crippen LogP contribution in [0.4, 0.5) is 4.39 Å². The highest BCUT2D eigenvalue weighted by Crippen LogP contribution is 2.18. The lowest BCUT2D eigenvalue weighted by Crippen LogP contribution is -2.49. The third-order valence-electron chi connectivity index (χ3n) is 5.69. The molecule has 1 aliphatic rings. The molecule has 192 valence electrons. The van der Waals surface area contributed by atoms with E-state index >= 15 is 0 Å². The Labute approximate surface area is 209 Å². The Hall–Kier alpha value is -3.95. The van der Waals surface area contributed by atoms with Gasteiger partial charge in [0.1, 0.15) is 23.7 Å². The molecule has 4 amide bonds. The summed E-state index contributed by atoms with van der Waals surface area (Å²) < 4.78 is 18.9. The van der Waals surface area contributed by atoms with Crippen molar-refractivity contribution in [3.8, 4) is 5.75 Å². The molecule has 0 bridgehead atoms. The minimum Gasteiger partial charge on any atom is -0.493 e. The first-order chi connectivity index (χ1) is 17.3. The molecule has 4 N–H and O–H groups in total. The molecule has 2 aromatic carbocycles. The SMILES string of the molecule is C[C@@H]1NC(=O)CC[C@@H](C(=O)NCCc2ccc(F)cc2)NC(=O)c2ccccc2OCCCNC1=O. The van der Waals surface area contributed by atoms with Gasteiger partial charge < -0.3 is 26.0 Å². The maximum Gasteiger partial charge on any atom is 0.255 e. The number of benzene rings is 2. The molecule has 0 unspecified atom stereocenters. The van der Waals surface area contributed by atoms with Crippen molar-refractivity contribution >= 4 is 23.6 Å². The van der Waals surface area contributed by atoms with Gasteiger partial charge in [-0.25, -0.2) is 4.39 Å². The van der Waals surface area contributed by atoms with Crippen LogP contribution in [0, 0.1) is 5.82 Å². The van der Waals surface area contributed by atoms with E-state index in [1.165, 1.54) is 12.1 Å². The lowest BCUT2D eigenvalue weighted by molar-refractivity contribution is -0.129. The van der Waals surface area contributed by atoms with Gasteiger partial charge in [-0.1, -0.05) is 24.3 Å². The zero-order valence-electron chi connectivity index (χ0n) is 20.1. The zero-order chi connectivity index (χ0) is 25.9. The van der Waals surface area contributed by atoms with E-state index in [1.54, 1.807) is 43.3 Å². The summed E-state index contributed by atoms with van der Waals surface area (Å²) in [6, 6.07) is 10.9. The summed E-state index contributed by atoms with van der Waals surface area (Å²) in [5.74, 6) is -1.67. The normalized spacial score (nSPS) is 19.7. The van der Waals surface area contributed by atoms with E-state index in [0.29, 0.717) is 25.1 Å². The predicted octanol–water partition coefficient (Wildman–Crippen LogP) is 1.47. The van der Waals surface area contributed by atoms with Gasteiger partial charge in [-0.2, -0.15) is 0 Å². The van der Waals surface area contributed by atoms with Crippen LogP contribution < -0.4 is 26.0 Å². The molecular weight excluding hydrogens is 467 g/mol. The summed E-state index contributed by atoms with van der Waals surface area (Å²) in [6.45, 7) is 2.46. The Morgan fingerprint density at radius 2 is 1.83 bits per heavy atom. The lowest BCUT2D eigenvalue weighted by atomic mass is 10.1. The molecule has 2 aromatic rings. The Morgan fingerprint density at radius 3 is 2.61 bits per heavy atom. The number of nitrogens with one attached hydrogen (secondary N) is 4. The summed E-state index contributed by atoms with van der Waals surface area (Å²) in [5, 5.41) is 10.8. The summed E-state index contributed by atoms with van der Waals surface area (Å²) in [5.41, 5.74) is 1.10. The van der Waals surface area contributed by atoms with Crippen LogP contribution in [-0.2, 0) is 20.8 Å². The zero-order valence-corrected chi connectivity index (χ0v) is 20.1. The van der Waals surface area contributed by atoms with Crippen LogP contribution in [0.25, 0.3) is 0 Å². The maximum absolute atomic E-state index is 13.1. The van der Waals surface area contributed by atoms with Crippen molar-refractivity contribution < 1.29 is 28.3 Å². The van der Waals surface area contributed by atoms with E-state index < -0.39 is 29.8 Å². The molecule has 0 saturated carbocycles. The molecule has 0 fully saturated rings. The van der Waals surface area contributed by atoms with Crippen molar-refractivity contribution in [1.82, 2.24) is 21.3 Å². The number of para-hydroxylation sites is 1. The fraction of sp³-hybridized carbons (Fsp3) is 0.385. The predicted molar refractivity (Wildman–Crippen MR) is 131 cm³/mol. The first-order valence-electron chi connectivity index (χ1n) is 12.0. The van der Waals surface area contributed by atoms with Crippen molar-refractivity contribution in [2.45, 2.75) is 44.7 Å². The first kappa shape index (κ1) is 26.7. The minimum absolute atomic E-state index is 0.0251. The average molecular weight is 499 g/mol. The third-order valence-corrected chi connectivity index (χ3v) is 5.69. The Bertz CT molecular complexity index is 1080.